The summed E-state index contributed by atoms with van der Waals surface area (Å²) in [5.74, 6) is -0.696. The smallest absolute Gasteiger partial charge is 0.226 e. The number of hydrogen-bond acceptors (Lipinski definition) is 2. The van der Waals surface area contributed by atoms with Crippen molar-refractivity contribution in [1.82, 2.24) is 0 Å². The molecule has 54 valence electrons. The van der Waals surface area contributed by atoms with E-state index in [-0.39, 0.29) is 17.9 Å². The van der Waals surface area contributed by atoms with Crippen molar-refractivity contribution < 1.29 is 4.79 Å². The van der Waals surface area contributed by atoms with Crippen molar-refractivity contribution in [2.75, 3.05) is 0 Å². The first kappa shape index (κ1) is 7.02. The zero-order valence-corrected chi connectivity index (χ0v) is 5.53. The highest BCUT2D eigenvalue weighted by Gasteiger charge is 2.19. The molecule has 0 heterocycles. The highest BCUT2D eigenvalue weighted by atomic mass is 16.1. The molecular weight excluding hydrogens is 128 g/mol. The molecule has 3 nitrogen and oxygen atoms in total. The first-order chi connectivity index (χ1) is 4.72. The molecule has 10 heavy (non-hydrogen) atoms. The summed E-state index contributed by atoms with van der Waals surface area (Å²) in [7, 11) is 0. The van der Waals surface area contributed by atoms with E-state index in [0.717, 1.165) is 0 Å². The normalized spacial score (nSPS) is 30.5. The standard InChI is InChI=1S/C7H10N2O/c8-6-4-2-1-3-5(6)7(9)10/h1-6H,8H2,(H2,9,10). The van der Waals surface area contributed by atoms with E-state index in [4.69, 9.17) is 11.5 Å². The molecule has 0 aromatic rings. The van der Waals surface area contributed by atoms with Crippen LogP contribution in [0.4, 0.5) is 0 Å². The summed E-state index contributed by atoms with van der Waals surface area (Å²) in [6.45, 7) is 0. The van der Waals surface area contributed by atoms with E-state index in [1.807, 2.05) is 6.08 Å². The number of hydrogen-bond donors (Lipinski definition) is 2. The fourth-order valence-corrected chi connectivity index (χ4v) is 0.909. The van der Waals surface area contributed by atoms with Gasteiger partial charge < -0.3 is 11.5 Å². The lowest BCUT2D eigenvalue weighted by molar-refractivity contribution is -0.120. The van der Waals surface area contributed by atoms with Gasteiger partial charge in [-0.15, -0.1) is 0 Å². The zero-order valence-electron chi connectivity index (χ0n) is 5.53. The van der Waals surface area contributed by atoms with Crippen LogP contribution in [-0.4, -0.2) is 11.9 Å². The van der Waals surface area contributed by atoms with Crippen molar-refractivity contribution >= 4 is 5.91 Å². The maximum atomic E-state index is 10.6. The summed E-state index contributed by atoms with van der Waals surface area (Å²) >= 11 is 0. The van der Waals surface area contributed by atoms with E-state index < -0.39 is 0 Å². The minimum Gasteiger partial charge on any atom is -0.369 e. The Morgan fingerprint density at radius 1 is 1.30 bits per heavy atom. The number of carbonyl (C=O) groups excluding carboxylic acids is 1. The Balaban J connectivity index is 2.70. The van der Waals surface area contributed by atoms with Gasteiger partial charge in [0.2, 0.25) is 5.91 Å². The fourth-order valence-electron chi connectivity index (χ4n) is 0.909. The van der Waals surface area contributed by atoms with Gasteiger partial charge in [-0.1, -0.05) is 24.3 Å². The Hall–Kier alpha value is -1.09. The van der Waals surface area contributed by atoms with Gasteiger partial charge in [-0.25, -0.2) is 0 Å². The minimum absolute atomic E-state index is 0.248. The minimum atomic E-state index is -0.367. The average molecular weight is 138 g/mol. The largest absolute Gasteiger partial charge is 0.369 e. The molecule has 1 rings (SSSR count). The molecule has 0 bridgehead atoms. The predicted octanol–water partition coefficient (Wildman–Crippen LogP) is -0.459. The van der Waals surface area contributed by atoms with Gasteiger partial charge in [0.1, 0.15) is 0 Å². The molecule has 0 spiro atoms. The van der Waals surface area contributed by atoms with Crippen molar-refractivity contribution in [1.29, 1.82) is 0 Å². The quantitative estimate of drug-likeness (QED) is 0.515. The first-order valence-electron chi connectivity index (χ1n) is 3.11. The molecule has 3 heteroatoms. The van der Waals surface area contributed by atoms with Crippen LogP contribution in [0.15, 0.2) is 24.3 Å². The molecule has 0 aromatic heterocycles. The number of carbonyl (C=O) groups is 1. The third-order valence-electron chi connectivity index (χ3n) is 1.51. The van der Waals surface area contributed by atoms with Crippen molar-refractivity contribution in [3.8, 4) is 0 Å². The average Bonchev–Trinajstić information content (AvgIpc) is 1.88. The Morgan fingerprint density at radius 2 is 1.90 bits per heavy atom. The monoisotopic (exact) mass is 138 g/mol. The predicted molar refractivity (Wildman–Crippen MR) is 38.9 cm³/mol. The van der Waals surface area contributed by atoms with E-state index in [1.54, 1.807) is 18.2 Å². The number of primary amides is 1. The lowest BCUT2D eigenvalue weighted by Gasteiger charge is -2.15. The SMILES string of the molecule is NC(=O)C1C=CC=CC1N. The second kappa shape index (κ2) is 2.66. The van der Waals surface area contributed by atoms with Crippen LogP contribution in [0.25, 0.3) is 0 Å². The molecule has 0 aliphatic heterocycles. The molecule has 0 saturated carbocycles. The lowest BCUT2D eigenvalue weighted by atomic mass is 9.96. The van der Waals surface area contributed by atoms with Crippen LogP contribution in [-0.2, 0) is 4.79 Å². The van der Waals surface area contributed by atoms with E-state index in [1.165, 1.54) is 0 Å². The van der Waals surface area contributed by atoms with Gasteiger partial charge in [-0.3, -0.25) is 4.79 Å². The molecule has 2 atom stereocenters. The molecule has 1 amide bonds. The van der Waals surface area contributed by atoms with Gasteiger partial charge in [-0.05, 0) is 0 Å². The van der Waals surface area contributed by atoms with Gasteiger partial charge in [0, 0.05) is 6.04 Å². The number of amides is 1. The maximum absolute atomic E-state index is 10.6. The van der Waals surface area contributed by atoms with Crippen LogP contribution in [0.2, 0.25) is 0 Å². The van der Waals surface area contributed by atoms with Crippen LogP contribution in [0.1, 0.15) is 0 Å². The number of nitrogens with two attached hydrogens (primary N) is 2. The molecule has 1 aliphatic carbocycles. The van der Waals surface area contributed by atoms with Gasteiger partial charge >= 0.3 is 0 Å². The molecule has 2 unspecified atom stereocenters. The summed E-state index contributed by atoms with van der Waals surface area (Å²) in [6.07, 6.45) is 7.06. The third-order valence-corrected chi connectivity index (χ3v) is 1.51. The lowest BCUT2D eigenvalue weighted by Crippen LogP contribution is -2.37. The van der Waals surface area contributed by atoms with Gasteiger partial charge in [0.25, 0.3) is 0 Å². The Bertz CT molecular complexity index is 196. The Morgan fingerprint density at radius 3 is 2.30 bits per heavy atom. The van der Waals surface area contributed by atoms with Crippen LogP contribution in [0, 0.1) is 5.92 Å². The zero-order chi connectivity index (χ0) is 7.56. The summed E-state index contributed by atoms with van der Waals surface area (Å²) in [4.78, 5) is 10.6. The van der Waals surface area contributed by atoms with Crippen LogP contribution >= 0.6 is 0 Å². The van der Waals surface area contributed by atoms with Gasteiger partial charge in [0.15, 0.2) is 0 Å². The van der Waals surface area contributed by atoms with Crippen LogP contribution < -0.4 is 11.5 Å². The van der Waals surface area contributed by atoms with Crippen molar-refractivity contribution in [3.05, 3.63) is 24.3 Å². The second-order valence-corrected chi connectivity index (χ2v) is 2.28. The number of rotatable bonds is 1. The van der Waals surface area contributed by atoms with Crippen LogP contribution in [0.3, 0.4) is 0 Å². The van der Waals surface area contributed by atoms with E-state index in [9.17, 15) is 4.79 Å². The molecule has 0 saturated heterocycles. The third kappa shape index (κ3) is 1.25. The maximum Gasteiger partial charge on any atom is 0.226 e. The van der Waals surface area contributed by atoms with Crippen molar-refractivity contribution in [3.63, 3.8) is 0 Å². The fraction of sp³-hybridized carbons (Fsp3) is 0.286. The van der Waals surface area contributed by atoms with Crippen LogP contribution in [0.5, 0.6) is 0 Å². The second-order valence-electron chi connectivity index (χ2n) is 2.28. The molecule has 0 radical (unpaired) electrons. The summed E-state index contributed by atoms with van der Waals surface area (Å²) in [5, 5.41) is 0. The number of allylic oxidation sites excluding steroid dienone is 2. The summed E-state index contributed by atoms with van der Waals surface area (Å²) in [6, 6.07) is -0.248. The summed E-state index contributed by atoms with van der Waals surface area (Å²) < 4.78 is 0. The molecule has 0 aromatic carbocycles. The molecule has 4 N–H and O–H groups in total. The van der Waals surface area contributed by atoms with Crippen molar-refractivity contribution in [2.24, 2.45) is 17.4 Å². The molecule has 1 aliphatic rings. The molecular formula is C7H10N2O. The van der Waals surface area contributed by atoms with Gasteiger partial charge in [-0.2, -0.15) is 0 Å². The Labute approximate surface area is 59.4 Å². The highest BCUT2D eigenvalue weighted by molar-refractivity contribution is 5.80. The summed E-state index contributed by atoms with van der Waals surface area (Å²) in [5.41, 5.74) is 10.6. The first-order valence-corrected chi connectivity index (χ1v) is 3.11. The van der Waals surface area contributed by atoms with Crippen molar-refractivity contribution in [2.45, 2.75) is 6.04 Å². The van der Waals surface area contributed by atoms with E-state index in [2.05, 4.69) is 0 Å². The highest BCUT2D eigenvalue weighted by Crippen LogP contribution is 2.08. The van der Waals surface area contributed by atoms with E-state index in [0.29, 0.717) is 0 Å². The molecule has 0 fully saturated rings. The van der Waals surface area contributed by atoms with Gasteiger partial charge in [0.05, 0.1) is 5.92 Å². The topological polar surface area (TPSA) is 69.1 Å². The Kier molecular flexibility index (Phi) is 1.87. The van der Waals surface area contributed by atoms with E-state index >= 15 is 0 Å².